The van der Waals surface area contributed by atoms with E-state index in [4.69, 9.17) is 15.8 Å². The van der Waals surface area contributed by atoms with E-state index in [1.807, 2.05) is 12.1 Å². The number of fused-ring (bicyclic) bond motifs is 1. The number of nitrogens with zero attached hydrogens (tertiary/aromatic N) is 2. The highest BCUT2D eigenvalue weighted by Crippen LogP contribution is 2.30. The Morgan fingerprint density at radius 1 is 1.33 bits per heavy atom. The van der Waals surface area contributed by atoms with E-state index < -0.39 is 0 Å². The van der Waals surface area contributed by atoms with E-state index in [1.165, 1.54) is 0 Å². The third-order valence-corrected chi connectivity index (χ3v) is 3.92. The van der Waals surface area contributed by atoms with Gasteiger partial charge in [0.15, 0.2) is 0 Å². The molecule has 4 nitrogen and oxygen atoms in total. The minimum Gasteiger partial charge on any atom is -0.399 e. The maximum absolute atomic E-state index is 9.07. The molecule has 0 radical (unpaired) electrons. The smallest absolute Gasteiger partial charge is 0.112 e. The molecule has 0 amide bonds. The maximum atomic E-state index is 9.07. The first kappa shape index (κ1) is 15.8. The number of anilines is 1. The van der Waals surface area contributed by atoms with Crippen LogP contribution in [0.15, 0.2) is 18.2 Å². The summed E-state index contributed by atoms with van der Waals surface area (Å²) in [6.07, 6.45) is 1.83. The number of aromatic nitrogens is 2. The van der Waals surface area contributed by atoms with Gasteiger partial charge in [0.2, 0.25) is 0 Å². The van der Waals surface area contributed by atoms with Crippen molar-refractivity contribution in [2.45, 2.75) is 53.0 Å². The van der Waals surface area contributed by atoms with Crippen molar-refractivity contribution in [2.75, 3.05) is 12.3 Å². The van der Waals surface area contributed by atoms with Crippen LogP contribution >= 0.6 is 0 Å². The van der Waals surface area contributed by atoms with Gasteiger partial charge in [-0.2, -0.15) is 0 Å². The van der Waals surface area contributed by atoms with E-state index in [0.717, 1.165) is 41.9 Å². The zero-order valence-corrected chi connectivity index (χ0v) is 13.6. The van der Waals surface area contributed by atoms with Crippen LogP contribution in [0.3, 0.4) is 0 Å². The Morgan fingerprint density at radius 3 is 2.67 bits per heavy atom. The highest BCUT2D eigenvalue weighted by Gasteiger charge is 2.22. The summed E-state index contributed by atoms with van der Waals surface area (Å²) in [6.45, 7) is 9.98. The minimum atomic E-state index is 0.126. The van der Waals surface area contributed by atoms with Gasteiger partial charge in [0.25, 0.3) is 0 Å². The molecular weight excluding hydrogens is 262 g/mol. The minimum absolute atomic E-state index is 0.126. The van der Waals surface area contributed by atoms with Crippen molar-refractivity contribution in [2.24, 2.45) is 5.41 Å². The molecular formula is C17H27N3O. The second kappa shape index (κ2) is 6.06. The lowest BCUT2D eigenvalue weighted by Crippen LogP contribution is -2.22. The number of hydrogen-bond donors (Lipinski definition) is 2. The third kappa shape index (κ3) is 3.56. The van der Waals surface area contributed by atoms with Crippen LogP contribution < -0.4 is 5.73 Å². The summed E-state index contributed by atoms with van der Waals surface area (Å²) in [5.74, 6) is 1.47. The second-order valence-electron chi connectivity index (χ2n) is 6.95. The second-order valence-corrected chi connectivity index (χ2v) is 6.95. The van der Waals surface area contributed by atoms with E-state index in [2.05, 4.69) is 38.3 Å². The van der Waals surface area contributed by atoms with Gasteiger partial charge in [0.05, 0.1) is 11.0 Å². The molecule has 0 aliphatic rings. The molecule has 0 fully saturated rings. The van der Waals surface area contributed by atoms with Crippen LogP contribution in [0.25, 0.3) is 11.0 Å². The van der Waals surface area contributed by atoms with Gasteiger partial charge in [-0.05, 0) is 36.5 Å². The Morgan fingerprint density at radius 2 is 2.05 bits per heavy atom. The SMILES string of the molecule is CC(C)c1nc2cc(N)ccc2n1CC(C)(C)CCCO. The molecule has 0 saturated heterocycles. The summed E-state index contributed by atoms with van der Waals surface area (Å²) < 4.78 is 2.32. The van der Waals surface area contributed by atoms with Gasteiger partial charge < -0.3 is 15.4 Å². The first-order chi connectivity index (χ1) is 9.84. The van der Waals surface area contributed by atoms with Gasteiger partial charge in [0, 0.05) is 24.8 Å². The molecule has 0 aliphatic heterocycles. The number of nitrogen functional groups attached to an aromatic ring is 1. The van der Waals surface area contributed by atoms with Crippen molar-refractivity contribution >= 4 is 16.7 Å². The average molecular weight is 289 g/mol. The van der Waals surface area contributed by atoms with E-state index in [-0.39, 0.29) is 12.0 Å². The molecule has 0 spiro atoms. The fraction of sp³-hybridized carbons (Fsp3) is 0.588. The summed E-state index contributed by atoms with van der Waals surface area (Å²) >= 11 is 0. The lowest BCUT2D eigenvalue weighted by Gasteiger charge is -2.27. The van der Waals surface area contributed by atoms with Gasteiger partial charge in [-0.3, -0.25) is 0 Å². The molecule has 0 unspecified atom stereocenters. The van der Waals surface area contributed by atoms with Crippen LogP contribution in [-0.2, 0) is 6.54 Å². The first-order valence-corrected chi connectivity index (χ1v) is 7.70. The van der Waals surface area contributed by atoms with E-state index >= 15 is 0 Å². The zero-order valence-electron chi connectivity index (χ0n) is 13.6. The normalized spacial score (nSPS) is 12.5. The summed E-state index contributed by atoms with van der Waals surface area (Å²) in [4.78, 5) is 4.77. The molecule has 2 aromatic rings. The number of aliphatic hydroxyl groups excluding tert-OH is 1. The number of benzene rings is 1. The van der Waals surface area contributed by atoms with Gasteiger partial charge in [-0.25, -0.2) is 4.98 Å². The lowest BCUT2D eigenvalue weighted by atomic mass is 9.87. The van der Waals surface area contributed by atoms with E-state index in [0.29, 0.717) is 5.92 Å². The van der Waals surface area contributed by atoms with E-state index in [9.17, 15) is 0 Å². The molecule has 21 heavy (non-hydrogen) atoms. The Bertz CT molecular complexity index is 614. The predicted octanol–water partition coefficient (Wildman–Crippen LogP) is 3.54. The van der Waals surface area contributed by atoms with Gasteiger partial charge >= 0.3 is 0 Å². The standard InChI is InChI=1S/C17H27N3O/c1-12(2)16-19-14-10-13(18)6-7-15(14)20(16)11-17(3,4)8-5-9-21/h6-7,10,12,21H,5,8-9,11,18H2,1-4H3. The van der Waals surface area contributed by atoms with E-state index in [1.54, 1.807) is 0 Å². The summed E-state index contributed by atoms with van der Waals surface area (Å²) in [6, 6.07) is 5.94. The molecule has 0 saturated carbocycles. The van der Waals surface area contributed by atoms with Crippen molar-refractivity contribution < 1.29 is 5.11 Å². The molecule has 2 rings (SSSR count). The Hall–Kier alpha value is -1.55. The van der Waals surface area contributed by atoms with Crippen molar-refractivity contribution in [1.82, 2.24) is 9.55 Å². The topological polar surface area (TPSA) is 64.1 Å². The van der Waals surface area contributed by atoms with Crippen molar-refractivity contribution in [3.8, 4) is 0 Å². The van der Waals surface area contributed by atoms with Crippen molar-refractivity contribution in [3.05, 3.63) is 24.0 Å². The Balaban J connectivity index is 2.43. The predicted molar refractivity (Wildman–Crippen MR) is 88.3 cm³/mol. The first-order valence-electron chi connectivity index (χ1n) is 7.70. The highest BCUT2D eigenvalue weighted by atomic mass is 16.2. The number of aliphatic hydroxyl groups is 1. The average Bonchev–Trinajstić information content (AvgIpc) is 2.74. The van der Waals surface area contributed by atoms with Gasteiger partial charge in [-0.1, -0.05) is 27.7 Å². The van der Waals surface area contributed by atoms with Crippen LogP contribution in [0.5, 0.6) is 0 Å². The number of imidazole rings is 1. The molecule has 0 bridgehead atoms. The molecule has 1 heterocycles. The number of hydrogen-bond acceptors (Lipinski definition) is 3. The van der Waals surface area contributed by atoms with Crippen LogP contribution in [0.1, 0.15) is 52.3 Å². The summed E-state index contributed by atoms with van der Waals surface area (Å²) in [7, 11) is 0. The molecule has 4 heteroatoms. The van der Waals surface area contributed by atoms with Gasteiger partial charge in [-0.15, -0.1) is 0 Å². The van der Waals surface area contributed by atoms with Gasteiger partial charge in [0.1, 0.15) is 5.82 Å². The fourth-order valence-electron chi connectivity index (χ4n) is 2.84. The Kier molecular flexibility index (Phi) is 4.57. The summed E-state index contributed by atoms with van der Waals surface area (Å²) in [5, 5.41) is 9.07. The third-order valence-electron chi connectivity index (χ3n) is 3.92. The number of nitrogens with two attached hydrogens (primary N) is 1. The fourth-order valence-corrected chi connectivity index (χ4v) is 2.84. The monoisotopic (exact) mass is 289 g/mol. The zero-order chi connectivity index (χ0) is 15.6. The van der Waals surface area contributed by atoms with Crippen molar-refractivity contribution in [3.63, 3.8) is 0 Å². The largest absolute Gasteiger partial charge is 0.399 e. The molecule has 1 aromatic heterocycles. The molecule has 1 aromatic carbocycles. The number of rotatable bonds is 6. The van der Waals surface area contributed by atoms with Crippen molar-refractivity contribution in [1.29, 1.82) is 0 Å². The van der Waals surface area contributed by atoms with Crippen LogP contribution in [0.2, 0.25) is 0 Å². The molecule has 0 aliphatic carbocycles. The molecule has 3 N–H and O–H groups in total. The summed E-state index contributed by atoms with van der Waals surface area (Å²) in [5.41, 5.74) is 8.87. The van der Waals surface area contributed by atoms with Crippen LogP contribution in [0.4, 0.5) is 5.69 Å². The quantitative estimate of drug-likeness (QED) is 0.799. The van der Waals surface area contributed by atoms with Crippen LogP contribution in [0, 0.1) is 5.41 Å². The maximum Gasteiger partial charge on any atom is 0.112 e. The Labute approximate surface area is 127 Å². The molecule has 116 valence electrons. The highest BCUT2D eigenvalue weighted by molar-refractivity contribution is 5.79. The van der Waals surface area contributed by atoms with Crippen LogP contribution in [-0.4, -0.2) is 21.3 Å². The lowest BCUT2D eigenvalue weighted by molar-refractivity contribution is 0.222. The molecule has 0 atom stereocenters.